The van der Waals surface area contributed by atoms with Crippen molar-refractivity contribution >= 4 is 0 Å². The van der Waals surface area contributed by atoms with Crippen LogP contribution < -0.4 is 5.73 Å². The van der Waals surface area contributed by atoms with E-state index in [4.69, 9.17) is 5.73 Å². The summed E-state index contributed by atoms with van der Waals surface area (Å²) in [6.07, 6.45) is 8.01. The summed E-state index contributed by atoms with van der Waals surface area (Å²) in [6.45, 7) is 11.7. The highest BCUT2D eigenvalue weighted by Crippen LogP contribution is 2.48. The van der Waals surface area contributed by atoms with Gasteiger partial charge in [0.1, 0.15) is 0 Å². The molecule has 0 aromatic rings. The first-order valence-electron chi connectivity index (χ1n) is 7.89. The Hall–Kier alpha value is -0.0800. The first-order valence-corrected chi connectivity index (χ1v) is 7.89. The van der Waals surface area contributed by atoms with Gasteiger partial charge in [0.2, 0.25) is 0 Å². The van der Waals surface area contributed by atoms with Crippen molar-refractivity contribution in [3.05, 3.63) is 0 Å². The molecule has 0 aromatic carbocycles. The lowest BCUT2D eigenvalue weighted by Gasteiger charge is -2.53. The van der Waals surface area contributed by atoms with Crippen LogP contribution in [0.1, 0.15) is 66.2 Å². The standard InChI is InChI=1S/C16H32N2/c1-5-8-18(14-6-7-14)16(12-17)10-13(2)9-15(3,4)11-16/h13-14H,5-12,17H2,1-4H3. The van der Waals surface area contributed by atoms with E-state index in [1.807, 2.05) is 0 Å². The van der Waals surface area contributed by atoms with Gasteiger partial charge in [-0.2, -0.15) is 0 Å². The van der Waals surface area contributed by atoms with E-state index in [1.54, 1.807) is 0 Å². The maximum absolute atomic E-state index is 6.28. The molecular formula is C16H32N2. The third kappa shape index (κ3) is 2.91. The molecule has 0 heterocycles. The summed E-state index contributed by atoms with van der Waals surface area (Å²) in [7, 11) is 0. The molecule has 18 heavy (non-hydrogen) atoms. The molecule has 106 valence electrons. The molecule has 0 radical (unpaired) electrons. The lowest BCUT2D eigenvalue weighted by Crippen LogP contribution is -2.60. The first-order chi connectivity index (χ1) is 8.42. The molecular weight excluding hydrogens is 220 g/mol. The van der Waals surface area contributed by atoms with Crippen LogP contribution >= 0.6 is 0 Å². The molecule has 2 aliphatic rings. The molecule has 2 nitrogen and oxygen atoms in total. The van der Waals surface area contributed by atoms with Crippen LogP contribution in [0.3, 0.4) is 0 Å². The zero-order valence-electron chi connectivity index (χ0n) is 12.8. The average molecular weight is 252 g/mol. The van der Waals surface area contributed by atoms with Crippen molar-refractivity contribution in [2.45, 2.75) is 77.8 Å². The van der Waals surface area contributed by atoms with Crippen molar-refractivity contribution in [1.82, 2.24) is 4.90 Å². The van der Waals surface area contributed by atoms with Crippen LogP contribution in [0.4, 0.5) is 0 Å². The Balaban J connectivity index is 2.21. The fourth-order valence-electron chi connectivity index (χ4n) is 4.62. The topological polar surface area (TPSA) is 29.3 Å². The second kappa shape index (κ2) is 5.13. The second-order valence-electron chi connectivity index (χ2n) is 7.71. The van der Waals surface area contributed by atoms with E-state index in [0.717, 1.165) is 18.5 Å². The summed E-state index contributed by atoms with van der Waals surface area (Å²) in [6, 6.07) is 0.842. The van der Waals surface area contributed by atoms with Crippen LogP contribution in [-0.2, 0) is 0 Å². The quantitative estimate of drug-likeness (QED) is 0.812. The summed E-state index contributed by atoms with van der Waals surface area (Å²) < 4.78 is 0. The second-order valence-corrected chi connectivity index (χ2v) is 7.71. The minimum absolute atomic E-state index is 0.290. The normalized spacial score (nSPS) is 36.0. The highest BCUT2D eigenvalue weighted by atomic mass is 15.3. The van der Waals surface area contributed by atoms with Gasteiger partial charge in [0, 0.05) is 18.1 Å². The minimum atomic E-state index is 0.290. The van der Waals surface area contributed by atoms with Gasteiger partial charge < -0.3 is 5.73 Å². The van der Waals surface area contributed by atoms with Crippen molar-refractivity contribution < 1.29 is 0 Å². The predicted octanol–water partition coefficient (Wildman–Crippen LogP) is 3.40. The Morgan fingerprint density at radius 2 is 1.89 bits per heavy atom. The highest BCUT2D eigenvalue weighted by molar-refractivity contribution is 5.05. The fourth-order valence-corrected chi connectivity index (χ4v) is 4.62. The van der Waals surface area contributed by atoms with Crippen molar-refractivity contribution in [1.29, 1.82) is 0 Å². The number of nitrogens with two attached hydrogens (primary N) is 1. The number of hydrogen-bond donors (Lipinski definition) is 1. The van der Waals surface area contributed by atoms with Gasteiger partial charge in [0.15, 0.2) is 0 Å². The van der Waals surface area contributed by atoms with E-state index >= 15 is 0 Å². The van der Waals surface area contributed by atoms with Crippen LogP contribution in [0.15, 0.2) is 0 Å². The molecule has 2 unspecified atom stereocenters. The molecule has 2 N–H and O–H groups in total. The zero-order chi connectivity index (χ0) is 13.4. The Bertz CT molecular complexity index is 283. The van der Waals surface area contributed by atoms with Gasteiger partial charge in [-0.25, -0.2) is 0 Å². The molecule has 0 aliphatic heterocycles. The fraction of sp³-hybridized carbons (Fsp3) is 1.00. The van der Waals surface area contributed by atoms with E-state index in [1.165, 1.54) is 45.1 Å². The zero-order valence-corrected chi connectivity index (χ0v) is 12.8. The molecule has 0 amide bonds. The van der Waals surface area contributed by atoms with Crippen LogP contribution in [0, 0.1) is 11.3 Å². The van der Waals surface area contributed by atoms with E-state index < -0.39 is 0 Å². The van der Waals surface area contributed by atoms with E-state index in [-0.39, 0.29) is 0 Å². The summed E-state index contributed by atoms with van der Waals surface area (Å²) in [5.74, 6) is 0.815. The smallest absolute Gasteiger partial charge is 0.0342 e. The maximum atomic E-state index is 6.28. The predicted molar refractivity (Wildman–Crippen MR) is 78.6 cm³/mol. The SMILES string of the molecule is CCCN(C1CC1)C1(CN)CC(C)CC(C)(C)C1. The average Bonchev–Trinajstić information content (AvgIpc) is 3.06. The van der Waals surface area contributed by atoms with Gasteiger partial charge in [-0.1, -0.05) is 27.7 Å². The Morgan fingerprint density at radius 3 is 2.33 bits per heavy atom. The van der Waals surface area contributed by atoms with Crippen molar-refractivity contribution in [2.24, 2.45) is 17.1 Å². The lowest BCUT2D eigenvalue weighted by atomic mass is 9.63. The molecule has 2 saturated carbocycles. The van der Waals surface area contributed by atoms with Gasteiger partial charge >= 0.3 is 0 Å². The van der Waals surface area contributed by atoms with E-state index in [2.05, 4.69) is 32.6 Å². The minimum Gasteiger partial charge on any atom is -0.329 e. The molecule has 2 rings (SSSR count). The first kappa shape index (κ1) is 14.3. The number of rotatable bonds is 5. The van der Waals surface area contributed by atoms with E-state index in [9.17, 15) is 0 Å². The van der Waals surface area contributed by atoms with E-state index in [0.29, 0.717) is 11.0 Å². The lowest BCUT2D eigenvalue weighted by molar-refractivity contribution is -0.0170. The third-order valence-electron chi connectivity index (χ3n) is 4.88. The maximum Gasteiger partial charge on any atom is 0.0342 e. The Labute approximate surface area is 113 Å². The van der Waals surface area contributed by atoms with Crippen molar-refractivity contribution in [2.75, 3.05) is 13.1 Å². The third-order valence-corrected chi connectivity index (χ3v) is 4.88. The molecule has 2 atom stereocenters. The molecule has 0 saturated heterocycles. The molecule has 2 fully saturated rings. The molecule has 0 bridgehead atoms. The van der Waals surface area contributed by atoms with Crippen molar-refractivity contribution in [3.63, 3.8) is 0 Å². The van der Waals surface area contributed by atoms with Crippen molar-refractivity contribution in [3.8, 4) is 0 Å². The van der Waals surface area contributed by atoms with Crippen LogP contribution in [0.25, 0.3) is 0 Å². The number of hydrogen-bond acceptors (Lipinski definition) is 2. The molecule has 0 spiro atoms. The Morgan fingerprint density at radius 1 is 1.22 bits per heavy atom. The van der Waals surface area contributed by atoms with Gasteiger partial charge in [0.25, 0.3) is 0 Å². The van der Waals surface area contributed by atoms with Gasteiger partial charge in [-0.15, -0.1) is 0 Å². The monoisotopic (exact) mass is 252 g/mol. The highest BCUT2D eigenvalue weighted by Gasteiger charge is 2.49. The largest absolute Gasteiger partial charge is 0.329 e. The van der Waals surface area contributed by atoms with Crippen LogP contribution in [-0.4, -0.2) is 29.6 Å². The summed E-state index contributed by atoms with van der Waals surface area (Å²) in [5, 5.41) is 0. The Kier molecular flexibility index (Phi) is 4.08. The molecule has 2 heteroatoms. The van der Waals surface area contributed by atoms with Crippen LogP contribution in [0.2, 0.25) is 0 Å². The summed E-state index contributed by atoms with van der Waals surface area (Å²) >= 11 is 0. The van der Waals surface area contributed by atoms with Crippen LogP contribution in [0.5, 0.6) is 0 Å². The van der Waals surface area contributed by atoms with Gasteiger partial charge in [-0.3, -0.25) is 4.90 Å². The van der Waals surface area contributed by atoms with Gasteiger partial charge in [-0.05, 0) is 56.4 Å². The summed E-state index contributed by atoms with van der Waals surface area (Å²) in [5.41, 5.74) is 7.02. The molecule has 2 aliphatic carbocycles. The molecule has 0 aromatic heterocycles. The number of nitrogens with zero attached hydrogens (tertiary/aromatic N) is 1. The van der Waals surface area contributed by atoms with Gasteiger partial charge in [0.05, 0.1) is 0 Å². The summed E-state index contributed by atoms with van der Waals surface area (Å²) in [4.78, 5) is 2.80.